The second kappa shape index (κ2) is 9.42. The molecule has 0 spiro atoms. The largest absolute Gasteiger partial charge is 0.466 e. The van der Waals surface area contributed by atoms with Crippen LogP contribution in [0.5, 0.6) is 0 Å². The van der Waals surface area contributed by atoms with Gasteiger partial charge in [-0.15, -0.1) is 0 Å². The van der Waals surface area contributed by atoms with E-state index in [1.807, 2.05) is 0 Å². The molecule has 2 aliphatic carbocycles. The highest BCUT2D eigenvalue weighted by atomic mass is 28.4. The van der Waals surface area contributed by atoms with Crippen molar-refractivity contribution in [3.8, 4) is 0 Å². The van der Waals surface area contributed by atoms with Gasteiger partial charge in [0.1, 0.15) is 18.0 Å². The standard InChI is InChI=1S/C23H40O5Si/c1-8-27-22(26)13-17(24)11-16-12-21(28-29(6,7)23(3,4)5)18-10-9-15(2)19(18)14-20(16)25/h15-16,18-19,21H,8-14H2,1-7H3/t15-,16+,18-,19-,21-/m1/s1. The molecule has 0 unspecified atom stereocenters. The molecule has 2 rings (SSSR count). The Bertz CT molecular complexity index is 621. The van der Waals surface area contributed by atoms with Crippen LogP contribution in [0, 0.1) is 23.7 Å². The Morgan fingerprint density at radius 2 is 1.79 bits per heavy atom. The van der Waals surface area contributed by atoms with E-state index in [0.29, 0.717) is 30.6 Å². The van der Waals surface area contributed by atoms with Crippen molar-refractivity contribution in [2.24, 2.45) is 23.7 Å². The van der Waals surface area contributed by atoms with Gasteiger partial charge in [0.25, 0.3) is 0 Å². The zero-order valence-electron chi connectivity index (χ0n) is 19.4. The first kappa shape index (κ1) is 24.3. The minimum absolute atomic E-state index is 0.0256. The van der Waals surface area contributed by atoms with Crippen LogP contribution in [0.1, 0.15) is 73.1 Å². The molecule has 166 valence electrons. The lowest BCUT2D eigenvalue weighted by Gasteiger charge is -2.42. The van der Waals surface area contributed by atoms with Gasteiger partial charge in [-0.25, -0.2) is 0 Å². The fraction of sp³-hybridized carbons (Fsp3) is 0.870. The van der Waals surface area contributed by atoms with Crippen molar-refractivity contribution in [2.75, 3.05) is 6.61 Å². The number of Topliss-reactive ketones (excluding diaryl/α,β-unsaturated/α-hetero) is 2. The highest BCUT2D eigenvalue weighted by Gasteiger charge is 2.48. The SMILES string of the molecule is CCOC(=O)CC(=O)C[C@H]1C[C@@H](O[Si](C)(C)C(C)(C)C)[C@@H]2CC[C@@H](C)[C@H]2CC1=O. The lowest BCUT2D eigenvalue weighted by Crippen LogP contribution is -2.46. The van der Waals surface area contributed by atoms with Crippen molar-refractivity contribution in [3.63, 3.8) is 0 Å². The zero-order valence-corrected chi connectivity index (χ0v) is 20.4. The first-order valence-electron chi connectivity index (χ1n) is 11.2. The van der Waals surface area contributed by atoms with Crippen LogP contribution >= 0.6 is 0 Å². The first-order valence-corrected chi connectivity index (χ1v) is 14.1. The highest BCUT2D eigenvalue weighted by Crippen LogP contribution is 2.48. The summed E-state index contributed by atoms with van der Waals surface area (Å²) in [5, 5.41) is 0.0955. The van der Waals surface area contributed by atoms with Gasteiger partial charge in [0.2, 0.25) is 0 Å². The van der Waals surface area contributed by atoms with Crippen LogP contribution in [0.15, 0.2) is 0 Å². The molecule has 2 aliphatic rings. The van der Waals surface area contributed by atoms with Crippen molar-refractivity contribution in [1.82, 2.24) is 0 Å². The van der Waals surface area contributed by atoms with Crippen LogP contribution in [0.4, 0.5) is 0 Å². The lowest BCUT2D eigenvalue weighted by atomic mass is 9.85. The van der Waals surface area contributed by atoms with Gasteiger partial charge < -0.3 is 9.16 Å². The van der Waals surface area contributed by atoms with Crippen LogP contribution in [0.2, 0.25) is 18.1 Å². The van der Waals surface area contributed by atoms with E-state index in [0.717, 1.165) is 12.8 Å². The van der Waals surface area contributed by atoms with E-state index in [4.69, 9.17) is 9.16 Å². The topological polar surface area (TPSA) is 69.7 Å². The predicted octanol–water partition coefficient (Wildman–Crippen LogP) is 4.93. The molecule has 0 saturated heterocycles. The molecule has 2 fully saturated rings. The highest BCUT2D eigenvalue weighted by molar-refractivity contribution is 6.74. The summed E-state index contributed by atoms with van der Waals surface area (Å²) >= 11 is 0. The number of hydrogen-bond acceptors (Lipinski definition) is 5. The van der Waals surface area contributed by atoms with E-state index < -0.39 is 14.3 Å². The Labute approximate surface area is 177 Å². The first-order chi connectivity index (χ1) is 13.4. The average molecular weight is 425 g/mol. The Kier molecular flexibility index (Phi) is 7.88. The van der Waals surface area contributed by atoms with E-state index in [1.165, 1.54) is 0 Å². The van der Waals surface area contributed by atoms with Crippen molar-refractivity contribution in [2.45, 2.75) is 97.4 Å². The van der Waals surface area contributed by atoms with Crippen LogP contribution in [-0.4, -0.2) is 38.6 Å². The number of carbonyl (C=O) groups is 3. The van der Waals surface area contributed by atoms with Crippen LogP contribution in [0.3, 0.4) is 0 Å². The van der Waals surface area contributed by atoms with Gasteiger partial charge in [0.15, 0.2) is 8.32 Å². The van der Waals surface area contributed by atoms with Gasteiger partial charge in [0, 0.05) is 24.9 Å². The molecule has 5 nitrogen and oxygen atoms in total. The van der Waals surface area contributed by atoms with E-state index in [2.05, 4.69) is 40.8 Å². The van der Waals surface area contributed by atoms with Crippen molar-refractivity contribution in [1.29, 1.82) is 0 Å². The van der Waals surface area contributed by atoms with E-state index in [1.54, 1.807) is 6.92 Å². The summed E-state index contributed by atoms with van der Waals surface area (Å²) in [5.74, 6) is 0.391. The number of carbonyl (C=O) groups excluding carboxylic acids is 3. The van der Waals surface area contributed by atoms with Gasteiger partial charge >= 0.3 is 5.97 Å². The van der Waals surface area contributed by atoms with Crippen LogP contribution in [0.25, 0.3) is 0 Å². The zero-order chi connectivity index (χ0) is 22.0. The summed E-state index contributed by atoms with van der Waals surface area (Å²) in [4.78, 5) is 37.1. The molecular weight excluding hydrogens is 384 g/mol. The number of fused-ring (bicyclic) bond motifs is 1. The smallest absolute Gasteiger partial charge is 0.313 e. The van der Waals surface area contributed by atoms with Crippen LogP contribution in [-0.2, 0) is 23.5 Å². The number of rotatable bonds is 7. The average Bonchev–Trinajstić information content (AvgIpc) is 2.87. The normalized spacial score (nSPS) is 30.6. The maximum absolute atomic E-state index is 13.0. The lowest BCUT2D eigenvalue weighted by molar-refractivity contribution is -0.146. The molecule has 0 radical (unpaired) electrons. The molecule has 0 aromatic heterocycles. The van der Waals surface area contributed by atoms with Gasteiger partial charge in [-0.1, -0.05) is 34.1 Å². The number of hydrogen-bond donors (Lipinski definition) is 0. The van der Waals surface area contributed by atoms with Crippen LogP contribution < -0.4 is 0 Å². The summed E-state index contributed by atoms with van der Waals surface area (Å²) in [6, 6.07) is 0. The minimum Gasteiger partial charge on any atom is -0.466 e. The molecule has 6 heteroatoms. The second-order valence-electron chi connectivity index (χ2n) is 10.6. The maximum Gasteiger partial charge on any atom is 0.313 e. The fourth-order valence-corrected chi connectivity index (χ4v) is 6.09. The molecule has 5 atom stereocenters. The number of ketones is 2. The molecule has 0 N–H and O–H groups in total. The number of esters is 1. The second-order valence-corrected chi connectivity index (χ2v) is 15.4. The fourth-order valence-electron chi connectivity index (χ4n) is 4.71. The molecular formula is C23H40O5Si. The summed E-state index contributed by atoms with van der Waals surface area (Å²) in [7, 11) is -2.00. The molecule has 29 heavy (non-hydrogen) atoms. The third-order valence-electron chi connectivity index (χ3n) is 7.50. The Balaban J connectivity index is 2.18. The Morgan fingerprint density at radius 3 is 2.38 bits per heavy atom. The molecule has 0 heterocycles. The maximum atomic E-state index is 13.0. The molecule has 0 bridgehead atoms. The van der Waals surface area contributed by atoms with E-state index >= 15 is 0 Å². The van der Waals surface area contributed by atoms with Gasteiger partial charge in [-0.2, -0.15) is 0 Å². The van der Waals surface area contributed by atoms with Crippen molar-refractivity contribution < 1.29 is 23.5 Å². The van der Waals surface area contributed by atoms with Crippen molar-refractivity contribution in [3.05, 3.63) is 0 Å². The predicted molar refractivity (Wildman–Crippen MR) is 116 cm³/mol. The third-order valence-corrected chi connectivity index (χ3v) is 12.0. The molecule has 2 saturated carbocycles. The Hall–Kier alpha value is -1.01. The van der Waals surface area contributed by atoms with E-state index in [9.17, 15) is 14.4 Å². The monoisotopic (exact) mass is 424 g/mol. The summed E-state index contributed by atoms with van der Waals surface area (Å²) in [5.41, 5.74) is 0. The minimum atomic E-state index is -2.00. The van der Waals surface area contributed by atoms with Gasteiger partial charge in [0.05, 0.1) is 6.61 Å². The summed E-state index contributed by atoms with van der Waals surface area (Å²) in [6.07, 6.45) is 3.30. The molecule has 0 aromatic rings. The van der Waals surface area contributed by atoms with E-state index in [-0.39, 0.29) is 48.1 Å². The number of ether oxygens (including phenoxy) is 1. The van der Waals surface area contributed by atoms with Gasteiger partial charge in [-0.3, -0.25) is 14.4 Å². The molecule has 0 aromatic carbocycles. The van der Waals surface area contributed by atoms with Gasteiger partial charge in [-0.05, 0) is 55.7 Å². The quantitative estimate of drug-likeness (QED) is 0.329. The summed E-state index contributed by atoms with van der Waals surface area (Å²) < 4.78 is 11.7. The third kappa shape index (κ3) is 6.00. The molecule has 0 aliphatic heterocycles. The molecule has 0 amide bonds. The summed E-state index contributed by atoms with van der Waals surface area (Å²) in [6.45, 7) is 15.4. The Morgan fingerprint density at radius 1 is 1.14 bits per heavy atom. The van der Waals surface area contributed by atoms with Crippen molar-refractivity contribution >= 4 is 25.9 Å².